The summed E-state index contributed by atoms with van der Waals surface area (Å²) < 4.78 is 40.7. The van der Waals surface area contributed by atoms with Crippen LogP contribution in [0.25, 0.3) is 0 Å². The number of nitrogens with zero attached hydrogens (tertiary/aromatic N) is 2. The van der Waals surface area contributed by atoms with Crippen LogP contribution in [-0.2, 0) is 11.3 Å². The highest BCUT2D eigenvalue weighted by Crippen LogP contribution is 2.36. The predicted molar refractivity (Wildman–Crippen MR) is 63.2 cm³/mol. The molecule has 0 amide bonds. The molecule has 0 aromatic carbocycles. The first-order valence-corrected chi connectivity index (χ1v) is 6.20. The summed E-state index contributed by atoms with van der Waals surface area (Å²) in [5.41, 5.74) is 1.15. The van der Waals surface area contributed by atoms with E-state index in [0.29, 0.717) is 5.82 Å². The zero-order valence-corrected chi connectivity index (χ0v) is 11.0. The maximum atomic E-state index is 12.0. The van der Waals surface area contributed by atoms with E-state index < -0.39 is 11.0 Å². The Balaban J connectivity index is 0.00000162. The molecule has 0 atom stereocenters. The molecule has 1 aromatic rings. The fourth-order valence-electron chi connectivity index (χ4n) is 1.89. The van der Waals surface area contributed by atoms with E-state index in [0.717, 1.165) is 25.7 Å². The molecule has 1 heterocycles. The van der Waals surface area contributed by atoms with Crippen molar-refractivity contribution in [1.82, 2.24) is 10.1 Å². The Morgan fingerprint density at radius 2 is 1.94 bits per heavy atom. The van der Waals surface area contributed by atoms with Crippen LogP contribution in [0.2, 0.25) is 0 Å². The number of nitrogens with two attached hydrogens (primary N) is 1. The number of rotatable bonds is 3. The van der Waals surface area contributed by atoms with Crippen LogP contribution in [-0.4, -0.2) is 15.6 Å². The van der Waals surface area contributed by atoms with Crippen molar-refractivity contribution in [2.45, 2.75) is 42.5 Å². The van der Waals surface area contributed by atoms with Gasteiger partial charge in [-0.05, 0) is 24.6 Å². The first kappa shape index (κ1) is 15.6. The van der Waals surface area contributed by atoms with Gasteiger partial charge in [-0.2, -0.15) is 18.2 Å². The Kier molecular flexibility index (Phi) is 4.90. The van der Waals surface area contributed by atoms with Crippen molar-refractivity contribution >= 4 is 24.2 Å². The minimum atomic E-state index is -4.29. The van der Waals surface area contributed by atoms with Crippen molar-refractivity contribution in [2.75, 3.05) is 0 Å². The monoisotopic (exact) mass is 303 g/mol. The molecule has 1 aromatic heterocycles. The molecule has 0 spiro atoms. The third-order valence-corrected chi connectivity index (χ3v) is 3.49. The highest BCUT2D eigenvalue weighted by atomic mass is 35.5. The van der Waals surface area contributed by atoms with E-state index in [1.165, 1.54) is 0 Å². The summed E-state index contributed by atoms with van der Waals surface area (Å²) in [5.74, 6) is -0.0705. The van der Waals surface area contributed by atoms with Crippen LogP contribution in [0.1, 0.15) is 37.4 Å². The lowest BCUT2D eigenvalue weighted by molar-refractivity contribution is -0.0330. The summed E-state index contributed by atoms with van der Waals surface area (Å²) in [6.45, 7) is 0. The first-order chi connectivity index (χ1) is 7.89. The molecule has 0 bridgehead atoms. The third kappa shape index (κ3) is 3.76. The smallest absolute Gasteiger partial charge is 0.338 e. The highest BCUT2D eigenvalue weighted by molar-refractivity contribution is 7.99. The van der Waals surface area contributed by atoms with Crippen LogP contribution >= 0.6 is 24.2 Å². The fourth-order valence-corrected chi connectivity index (χ4v) is 2.29. The molecule has 0 unspecified atom stereocenters. The minimum Gasteiger partial charge on any atom is -0.338 e. The Morgan fingerprint density at radius 1 is 1.33 bits per heavy atom. The van der Waals surface area contributed by atoms with E-state index in [2.05, 4.69) is 10.1 Å². The van der Waals surface area contributed by atoms with Gasteiger partial charge >= 0.3 is 5.51 Å². The molecule has 2 N–H and O–H groups in total. The summed E-state index contributed by atoms with van der Waals surface area (Å²) in [4.78, 5) is 3.94. The molecule has 1 fully saturated rings. The number of hydrogen-bond acceptors (Lipinski definition) is 5. The average Bonchev–Trinajstić information content (AvgIpc) is 2.83. The zero-order chi connectivity index (χ0) is 12.5. The Bertz CT molecular complexity index is 393. The molecule has 0 radical (unpaired) electrons. The van der Waals surface area contributed by atoms with E-state index >= 15 is 0 Å². The topological polar surface area (TPSA) is 64.9 Å². The van der Waals surface area contributed by atoms with Crippen LogP contribution < -0.4 is 5.73 Å². The lowest BCUT2D eigenvalue weighted by atomic mass is 9.99. The van der Waals surface area contributed by atoms with Crippen molar-refractivity contribution in [3.63, 3.8) is 0 Å². The van der Waals surface area contributed by atoms with Gasteiger partial charge in [0.05, 0.1) is 11.3 Å². The molecule has 9 heteroatoms. The van der Waals surface area contributed by atoms with Gasteiger partial charge in [-0.1, -0.05) is 18.0 Å². The standard InChI is InChI=1S/C9H12F3N3OS.ClH/c10-9(11,12)17-5-6-14-7(15-16-6)8(13)3-1-2-4-8;/h1-5,13H2;1H. The van der Waals surface area contributed by atoms with Gasteiger partial charge in [-0.3, -0.25) is 0 Å². The molecular weight excluding hydrogens is 291 g/mol. The first-order valence-electron chi connectivity index (χ1n) is 5.22. The van der Waals surface area contributed by atoms with Crippen molar-refractivity contribution in [3.05, 3.63) is 11.7 Å². The van der Waals surface area contributed by atoms with E-state index in [9.17, 15) is 13.2 Å². The van der Waals surface area contributed by atoms with Gasteiger partial charge in [0.15, 0.2) is 5.82 Å². The van der Waals surface area contributed by atoms with Crippen LogP contribution in [0.3, 0.4) is 0 Å². The maximum absolute atomic E-state index is 12.0. The van der Waals surface area contributed by atoms with Crippen LogP contribution in [0.15, 0.2) is 4.52 Å². The number of halogens is 4. The van der Waals surface area contributed by atoms with Gasteiger partial charge in [0.2, 0.25) is 5.89 Å². The van der Waals surface area contributed by atoms with Gasteiger partial charge in [-0.15, -0.1) is 12.4 Å². The summed E-state index contributed by atoms with van der Waals surface area (Å²) in [6.07, 6.45) is 3.46. The second-order valence-electron chi connectivity index (χ2n) is 4.11. The second kappa shape index (κ2) is 5.66. The SMILES string of the molecule is Cl.NC1(c2noc(CSC(F)(F)F)n2)CCCC1. The van der Waals surface area contributed by atoms with Gasteiger partial charge in [0, 0.05) is 0 Å². The average molecular weight is 304 g/mol. The number of aromatic nitrogens is 2. The summed E-state index contributed by atoms with van der Waals surface area (Å²) in [7, 11) is 0. The van der Waals surface area contributed by atoms with E-state index in [1.54, 1.807) is 0 Å². The van der Waals surface area contributed by atoms with Crippen molar-refractivity contribution < 1.29 is 17.7 Å². The van der Waals surface area contributed by atoms with E-state index in [-0.39, 0.29) is 35.8 Å². The normalized spacial score (nSPS) is 18.7. The summed E-state index contributed by atoms with van der Waals surface area (Å²) in [5, 5.41) is 3.68. The largest absolute Gasteiger partial charge is 0.442 e. The Hall–Kier alpha value is -0.470. The minimum absolute atomic E-state index is 0. The molecule has 2 rings (SSSR count). The number of hydrogen-bond donors (Lipinski definition) is 1. The molecule has 0 aliphatic heterocycles. The molecule has 1 saturated carbocycles. The Morgan fingerprint density at radius 3 is 2.50 bits per heavy atom. The quantitative estimate of drug-likeness (QED) is 0.930. The second-order valence-corrected chi connectivity index (χ2v) is 5.15. The molecule has 0 saturated heterocycles. The molecular formula is C9H13ClF3N3OS. The van der Waals surface area contributed by atoms with Gasteiger partial charge < -0.3 is 10.3 Å². The maximum Gasteiger partial charge on any atom is 0.442 e. The third-order valence-electron chi connectivity index (χ3n) is 2.77. The van der Waals surface area contributed by atoms with Crippen molar-refractivity contribution in [3.8, 4) is 0 Å². The Labute approximate surface area is 112 Å². The molecule has 18 heavy (non-hydrogen) atoms. The van der Waals surface area contributed by atoms with Gasteiger partial charge in [-0.25, -0.2) is 0 Å². The van der Waals surface area contributed by atoms with E-state index in [1.807, 2.05) is 0 Å². The van der Waals surface area contributed by atoms with Crippen LogP contribution in [0.5, 0.6) is 0 Å². The molecule has 4 nitrogen and oxygen atoms in total. The molecule has 104 valence electrons. The van der Waals surface area contributed by atoms with Crippen molar-refractivity contribution in [1.29, 1.82) is 0 Å². The van der Waals surface area contributed by atoms with Gasteiger partial charge in [0.25, 0.3) is 0 Å². The summed E-state index contributed by atoms with van der Waals surface area (Å²) in [6, 6.07) is 0. The zero-order valence-electron chi connectivity index (χ0n) is 9.37. The molecule has 1 aliphatic carbocycles. The lowest BCUT2D eigenvalue weighted by Crippen LogP contribution is -2.34. The highest BCUT2D eigenvalue weighted by Gasteiger charge is 2.36. The van der Waals surface area contributed by atoms with Crippen molar-refractivity contribution in [2.24, 2.45) is 5.73 Å². The molecule has 1 aliphatic rings. The van der Waals surface area contributed by atoms with Crippen LogP contribution in [0, 0.1) is 0 Å². The number of thioether (sulfide) groups is 1. The van der Waals surface area contributed by atoms with E-state index in [4.69, 9.17) is 10.3 Å². The predicted octanol–water partition coefficient (Wildman–Crippen LogP) is 2.97. The number of alkyl halides is 3. The van der Waals surface area contributed by atoms with Gasteiger partial charge in [0.1, 0.15) is 0 Å². The lowest BCUT2D eigenvalue weighted by Gasteiger charge is -2.17. The fraction of sp³-hybridized carbons (Fsp3) is 0.778. The summed E-state index contributed by atoms with van der Waals surface area (Å²) >= 11 is -0.196. The van der Waals surface area contributed by atoms with Crippen LogP contribution in [0.4, 0.5) is 13.2 Å².